The van der Waals surface area contributed by atoms with Crippen LogP contribution in [0.5, 0.6) is 0 Å². The van der Waals surface area contributed by atoms with Crippen molar-refractivity contribution in [3.05, 3.63) is 40.4 Å². The van der Waals surface area contributed by atoms with Crippen LogP contribution in [0.25, 0.3) is 17.0 Å². The molecule has 1 fully saturated rings. The van der Waals surface area contributed by atoms with Gasteiger partial charge in [-0.25, -0.2) is 0 Å². The zero-order valence-electron chi connectivity index (χ0n) is 14.7. The zero-order valence-corrected chi connectivity index (χ0v) is 16.2. The quantitative estimate of drug-likeness (QED) is 0.671. The summed E-state index contributed by atoms with van der Waals surface area (Å²) in [5.41, 5.74) is 1.39. The normalized spacial score (nSPS) is 18.1. The molecule has 142 valence electrons. The number of ether oxygens (including phenoxy) is 2. The molecule has 3 heterocycles. The van der Waals surface area contributed by atoms with E-state index in [1.807, 2.05) is 19.1 Å². The van der Waals surface area contributed by atoms with Crippen LogP contribution in [0, 0.1) is 0 Å². The summed E-state index contributed by atoms with van der Waals surface area (Å²) in [4.78, 5) is 0. The highest BCUT2D eigenvalue weighted by Crippen LogP contribution is 2.26. The molecule has 2 unspecified atom stereocenters. The molecule has 7 nitrogen and oxygen atoms in total. The van der Waals surface area contributed by atoms with Crippen molar-refractivity contribution in [3.63, 3.8) is 0 Å². The number of rotatable bonds is 6. The molecule has 0 radical (unpaired) electrons. The maximum atomic E-state index is 6.11. The van der Waals surface area contributed by atoms with Gasteiger partial charge in [0.15, 0.2) is 11.5 Å². The maximum absolute atomic E-state index is 6.11. The molecule has 2 atom stereocenters. The van der Waals surface area contributed by atoms with Gasteiger partial charge >= 0.3 is 0 Å². The number of fused-ring (bicyclic) bond motifs is 1. The highest BCUT2D eigenvalue weighted by atomic mass is 35.5. The van der Waals surface area contributed by atoms with Crippen LogP contribution in [0.2, 0.25) is 10.0 Å². The van der Waals surface area contributed by atoms with Gasteiger partial charge < -0.3 is 14.8 Å². The number of benzene rings is 1. The SMILES string of the molecule is CC(COC1CCOC1)Nc1ccc2nnc(-c3cc(Cl)cc(Cl)c3)n2n1. The van der Waals surface area contributed by atoms with Crippen LogP contribution in [-0.4, -0.2) is 51.8 Å². The Bertz CT molecular complexity index is 922. The van der Waals surface area contributed by atoms with Gasteiger partial charge in [0.2, 0.25) is 0 Å². The van der Waals surface area contributed by atoms with E-state index in [4.69, 9.17) is 32.7 Å². The molecule has 9 heteroatoms. The molecule has 0 aliphatic carbocycles. The Balaban J connectivity index is 1.52. The van der Waals surface area contributed by atoms with Crippen molar-refractivity contribution in [3.8, 4) is 11.4 Å². The third kappa shape index (κ3) is 4.32. The highest BCUT2D eigenvalue weighted by Gasteiger charge is 2.17. The molecule has 0 saturated carbocycles. The van der Waals surface area contributed by atoms with Crippen LogP contribution in [0.3, 0.4) is 0 Å². The van der Waals surface area contributed by atoms with Gasteiger partial charge in [-0.1, -0.05) is 23.2 Å². The van der Waals surface area contributed by atoms with Crippen molar-refractivity contribution < 1.29 is 9.47 Å². The van der Waals surface area contributed by atoms with E-state index in [0.29, 0.717) is 40.5 Å². The first kappa shape index (κ1) is 18.4. The van der Waals surface area contributed by atoms with Crippen molar-refractivity contribution in [1.82, 2.24) is 19.8 Å². The first-order valence-electron chi connectivity index (χ1n) is 8.73. The molecule has 0 amide bonds. The third-order valence-corrected chi connectivity index (χ3v) is 4.68. The fourth-order valence-corrected chi connectivity index (χ4v) is 3.47. The Kier molecular flexibility index (Phi) is 5.45. The third-order valence-electron chi connectivity index (χ3n) is 4.25. The van der Waals surface area contributed by atoms with Crippen LogP contribution in [-0.2, 0) is 9.47 Å². The van der Waals surface area contributed by atoms with E-state index in [0.717, 1.165) is 18.6 Å². The lowest BCUT2D eigenvalue weighted by atomic mass is 10.2. The summed E-state index contributed by atoms with van der Waals surface area (Å²) in [7, 11) is 0. The molecule has 0 spiro atoms. The molecule has 1 aliphatic heterocycles. The molecule has 27 heavy (non-hydrogen) atoms. The predicted octanol–water partition coefficient (Wildman–Crippen LogP) is 3.70. The van der Waals surface area contributed by atoms with E-state index in [1.165, 1.54) is 0 Å². The van der Waals surface area contributed by atoms with Crippen molar-refractivity contribution in [2.45, 2.75) is 25.5 Å². The summed E-state index contributed by atoms with van der Waals surface area (Å²) in [5.74, 6) is 1.28. The van der Waals surface area contributed by atoms with Gasteiger partial charge in [0.05, 0.1) is 19.3 Å². The summed E-state index contributed by atoms with van der Waals surface area (Å²) in [6, 6.07) is 9.06. The van der Waals surface area contributed by atoms with Gasteiger partial charge in [0.1, 0.15) is 5.82 Å². The fourth-order valence-electron chi connectivity index (χ4n) is 2.95. The molecule has 2 aromatic heterocycles. The second-order valence-electron chi connectivity index (χ2n) is 6.53. The van der Waals surface area contributed by atoms with Gasteiger partial charge in [0.25, 0.3) is 0 Å². The van der Waals surface area contributed by atoms with E-state index >= 15 is 0 Å². The van der Waals surface area contributed by atoms with Crippen LogP contribution in [0.4, 0.5) is 5.82 Å². The smallest absolute Gasteiger partial charge is 0.185 e. The van der Waals surface area contributed by atoms with E-state index in [2.05, 4.69) is 20.6 Å². The van der Waals surface area contributed by atoms with Crippen LogP contribution < -0.4 is 5.32 Å². The molecule has 1 aliphatic rings. The maximum Gasteiger partial charge on any atom is 0.185 e. The molecular weight excluding hydrogens is 389 g/mol. The fraction of sp³-hybridized carbons (Fsp3) is 0.389. The zero-order chi connectivity index (χ0) is 18.8. The van der Waals surface area contributed by atoms with Crippen molar-refractivity contribution in [2.75, 3.05) is 25.1 Å². The van der Waals surface area contributed by atoms with Crippen molar-refractivity contribution in [2.24, 2.45) is 0 Å². The van der Waals surface area contributed by atoms with Crippen molar-refractivity contribution >= 4 is 34.7 Å². The summed E-state index contributed by atoms with van der Waals surface area (Å²) < 4.78 is 12.8. The summed E-state index contributed by atoms with van der Waals surface area (Å²) in [6.45, 7) is 4.07. The number of anilines is 1. The van der Waals surface area contributed by atoms with Gasteiger partial charge in [-0.3, -0.25) is 0 Å². The van der Waals surface area contributed by atoms with E-state index in [9.17, 15) is 0 Å². The predicted molar refractivity (Wildman–Crippen MR) is 104 cm³/mol. The Labute approximate surface area is 166 Å². The monoisotopic (exact) mass is 407 g/mol. The highest BCUT2D eigenvalue weighted by molar-refractivity contribution is 6.35. The van der Waals surface area contributed by atoms with Gasteiger partial charge in [-0.2, -0.15) is 4.52 Å². The van der Waals surface area contributed by atoms with Gasteiger partial charge in [-0.15, -0.1) is 15.3 Å². The largest absolute Gasteiger partial charge is 0.379 e. The lowest BCUT2D eigenvalue weighted by molar-refractivity contribution is 0.0394. The second kappa shape index (κ2) is 7.98. The van der Waals surface area contributed by atoms with Crippen LogP contribution in [0.1, 0.15) is 13.3 Å². The van der Waals surface area contributed by atoms with E-state index in [-0.39, 0.29) is 12.1 Å². The molecule has 3 aromatic rings. The minimum atomic E-state index is 0.0936. The summed E-state index contributed by atoms with van der Waals surface area (Å²) in [6.07, 6.45) is 1.13. The van der Waals surface area contributed by atoms with Crippen LogP contribution in [0.15, 0.2) is 30.3 Å². The van der Waals surface area contributed by atoms with Crippen LogP contribution >= 0.6 is 23.2 Å². The Morgan fingerprint density at radius 1 is 1.26 bits per heavy atom. The molecule has 1 N–H and O–H groups in total. The number of hydrogen-bond acceptors (Lipinski definition) is 6. The molecular formula is C18H19Cl2N5O2. The number of halogens is 2. The minimum absolute atomic E-state index is 0.0936. The number of nitrogens with one attached hydrogen (secondary N) is 1. The molecule has 1 aromatic carbocycles. The summed E-state index contributed by atoms with van der Waals surface area (Å²) in [5, 5.41) is 17.4. The first-order chi connectivity index (χ1) is 13.1. The minimum Gasteiger partial charge on any atom is -0.379 e. The number of aromatic nitrogens is 4. The average molecular weight is 408 g/mol. The Morgan fingerprint density at radius 3 is 2.81 bits per heavy atom. The standard InChI is InChI=1S/C18H19Cl2N5O2/c1-11(9-27-15-4-5-26-10-15)21-16-2-3-17-22-23-18(25(17)24-16)12-6-13(19)8-14(20)7-12/h2-3,6-8,11,15H,4-5,9-10H2,1H3,(H,21,24). The van der Waals surface area contributed by atoms with Gasteiger partial charge in [-0.05, 0) is 43.7 Å². The van der Waals surface area contributed by atoms with Crippen molar-refractivity contribution in [1.29, 1.82) is 0 Å². The Hall–Kier alpha value is -1.93. The van der Waals surface area contributed by atoms with E-state index in [1.54, 1.807) is 22.7 Å². The molecule has 4 rings (SSSR count). The number of nitrogens with zero attached hydrogens (tertiary/aromatic N) is 4. The van der Waals surface area contributed by atoms with E-state index < -0.39 is 0 Å². The molecule has 0 bridgehead atoms. The topological polar surface area (TPSA) is 73.6 Å². The Morgan fingerprint density at radius 2 is 2.07 bits per heavy atom. The number of hydrogen-bond donors (Lipinski definition) is 1. The second-order valence-corrected chi connectivity index (χ2v) is 7.41. The lowest BCUT2D eigenvalue weighted by Gasteiger charge is -2.17. The lowest BCUT2D eigenvalue weighted by Crippen LogP contribution is -2.26. The summed E-state index contributed by atoms with van der Waals surface area (Å²) >= 11 is 12.2. The first-order valence-corrected chi connectivity index (χ1v) is 9.49. The average Bonchev–Trinajstić information content (AvgIpc) is 3.28. The molecule has 1 saturated heterocycles. The van der Waals surface area contributed by atoms with Gasteiger partial charge in [0, 0.05) is 28.3 Å².